The average Bonchev–Trinajstić information content (AvgIpc) is 3.32. The molecule has 27 heavy (non-hydrogen) atoms. The minimum absolute atomic E-state index is 0.119. The van der Waals surface area contributed by atoms with Gasteiger partial charge in [0.15, 0.2) is 6.10 Å². The van der Waals surface area contributed by atoms with E-state index in [-0.39, 0.29) is 11.9 Å². The molecule has 0 spiro atoms. The van der Waals surface area contributed by atoms with Crippen LogP contribution in [0.4, 0.5) is 9.80 Å². The van der Waals surface area contributed by atoms with Gasteiger partial charge >= 0.3 is 12.0 Å². The molecule has 1 fully saturated rings. The molecule has 8 nitrogen and oxygen atoms in total. The summed E-state index contributed by atoms with van der Waals surface area (Å²) in [6.07, 6.45) is 4.27. The van der Waals surface area contributed by atoms with E-state index in [0.29, 0.717) is 10.6 Å². The number of rotatable bonds is 5. The normalized spacial score (nSPS) is 16.7. The number of amides is 4. The van der Waals surface area contributed by atoms with E-state index in [1.54, 1.807) is 0 Å². The number of nitrogens with one attached hydrogen (secondary N) is 3. The average molecular weight is 393 g/mol. The van der Waals surface area contributed by atoms with E-state index in [9.17, 15) is 19.2 Å². The highest BCUT2D eigenvalue weighted by Gasteiger charge is 2.30. The Hall–Kier alpha value is -2.42. The third-order valence-electron chi connectivity index (χ3n) is 4.47. The number of hydrogen-bond donors (Lipinski definition) is 3. The van der Waals surface area contributed by atoms with Crippen LogP contribution in [0.3, 0.4) is 0 Å². The molecule has 0 radical (unpaired) electrons. The smallest absolute Gasteiger partial charge is 0.342 e. The molecule has 1 atom stereocenters. The third-order valence-corrected chi connectivity index (χ3v) is 5.67. The van der Waals surface area contributed by atoms with Gasteiger partial charge in [0.05, 0.1) is 5.56 Å². The van der Waals surface area contributed by atoms with Gasteiger partial charge in [-0.1, -0.05) is 0 Å². The van der Waals surface area contributed by atoms with Gasteiger partial charge in [-0.25, -0.2) is 9.59 Å². The predicted molar refractivity (Wildman–Crippen MR) is 99.8 cm³/mol. The molecule has 0 bridgehead atoms. The summed E-state index contributed by atoms with van der Waals surface area (Å²) in [4.78, 5) is 49.0. The largest absolute Gasteiger partial charge is 0.449 e. The van der Waals surface area contributed by atoms with Crippen molar-refractivity contribution in [2.75, 3.05) is 5.32 Å². The maximum absolute atomic E-state index is 12.7. The molecule has 4 amide bonds. The Kier molecular flexibility index (Phi) is 5.79. The molecule has 3 N–H and O–H groups in total. The van der Waals surface area contributed by atoms with Crippen LogP contribution in [0.15, 0.2) is 0 Å². The number of thiophene rings is 1. The fourth-order valence-electron chi connectivity index (χ4n) is 2.97. The molecule has 1 aromatic heterocycles. The monoisotopic (exact) mass is 393 g/mol. The molecular formula is C18H23N3O5S. The van der Waals surface area contributed by atoms with Gasteiger partial charge in [-0.05, 0) is 51.0 Å². The molecule has 9 heteroatoms. The first-order valence-corrected chi connectivity index (χ1v) is 9.91. The Labute approximate surface area is 161 Å². The number of hydrogen-bond acceptors (Lipinski definition) is 6. The van der Waals surface area contributed by atoms with Gasteiger partial charge in [-0.2, -0.15) is 0 Å². The molecule has 2 aliphatic rings. The zero-order valence-electron chi connectivity index (χ0n) is 15.3. The summed E-state index contributed by atoms with van der Waals surface area (Å²) in [6.45, 7) is 2.79. The summed E-state index contributed by atoms with van der Waals surface area (Å²) >= 11 is 1.38. The molecular weight excluding hydrogens is 370 g/mol. The lowest BCUT2D eigenvalue weighted by Gasteiger charge is -2.16. The lowest BCUT2D eigenvalue weighted by Crippen LogP contribution is -2.45. The lowest BCUT2D eigenvalue weighted by atomic mass is 9.95. The van der Waals surface area contributed by atoms with E-state index in [2.05, 4.69) is 16.0 Å². The van der Waals surface area contributed by atoms with Crippen LogP contribution in [0.5, 0.6) is 0 Å². The zero-order valence-corrected chi connectivity index (χ0v) is 16.2. The Morgan fingerprint density at radius 1 is 1.15 bits per heavy atom. The zero-order chi connectivity index (χ0) is 19.6. The molecule has 0 aromatic carbocycles. The summed E-state index contributed by atoms with van der Waals surface area (Å²) in [5.74, 6) is -1.62. The molecule has 1 saturated carbocycles. The van der Waals surface area contributed by atoms with Crippen molar-refractivity contribution in [2.45, 2.75) is 64.5 Å². The quantitative estimate of drug-likeness (QED) is 0.663. The SMILES string of the molecule is CC(=O)Nc1sc2c(c1C(=O)O[C@H](C)C(=O)NC(=O)NC1CC1)CCCC2. The standard InChI is InChI=1S/C18H23N3O5S/c1-9(15(23)21-18(25)20-11-7-8-11)26-17(24)14-12-5-3-4-6-13(12)27-16(14)19-10(2)22/h9,11H,3-8H2,1-2H3,(H,19,22)(H2,20,21,23,25)/t9-/m1/s1. The van der Waals surface area contributed by atoms with Crippen molar-refractivity contribution in [1.29, 1.82) is 0 Å². The van der Waals surface area contributed by atoms with Crippen molar-refractivity contribution >= 4 is 40.2 Å². The molecule has 0 aliphatic heterocycles. The van der Waals surface area contributed by atoms with Crippen molar-refractivity contribution in [3.05, 3.63) is 16.0 Å². The number of fused-ring (bicyclic) bond motifs is 1. The van der Waals surface area contributed by atoms with Crippen LogP contribution in [-0.2, 0) is 27.2 Å². The Morgan fingerprint density at radius 3 is 2.52 bits per heavy atom. The second-order valence-corrected chi connectivity index (χ2v) is 7.99. The van der Waals surface area contributed by atoms with Crippen LogP contribution in [-0.4, -0.2) is 36.0 Å². The number of urea groups is 1. The van der Waals surface area contributed by atoms with Crippen LogP contribution >= 0.6 is 11.3 Å². The summed E-state index contributed by atoms with van der Waals surface area (Å²) in [6, 6.07) is -0.467. The maximum atomic E-state index is 12.7. The molecule has 0 unspecified atom stereocenters. The van der Waals surface area contributed by atoms with Crippen molar-refractivity contribution in [1.82, 2.24) is 10.6 Å². The highest BCUT2D eigenvalue weighted by atomic mass is 32.1. The minimum Gasteiger partial charge on any atom is -0.449 e. The maximum Gasteiger partial charge on any atom is 0.342 e. The highest BCUT2D eigenvalue weighted by molar-refractivity contribution is 7.17. The molecule has 3 rings (SSSR count). The van der Waals surface area contributed by atoms with Crippen LogP contribution in [0, 0.1) is 0 Å². The lowest BCUT2D eigenvalue weighted by molar-refractivity contribution is -0.128. The van der Waals surface area contributed by atoms with Crippen LogP contribution < -0.4 is 16.0 Å². The molecule has 146 valence electrons. The summed E-state index contributed by atoms with van der Waals surface area (Å²) in [5.41, 5.74) is 1.21. The van der Waals surface area contributed by atoms with Crippen molar-refractivity contribution < 1.29 is 23.9 Å². The molecule has 1 aromatic rings. The van der Waals surface area contributed by atoms with Crippen molar-refractivity contribution in [3.8, 4) is 0 Å². The first kappa shape index (κ1) is 19.3. The van der Waals surface area contributed by atoms with Gasteiger partial charge in [-0.3, -0.25) is 14.9 Å². The number of anilines is 1. The van der Waals surface area contributed by atoms with E-state index < -0.39 is 24.0 Å². The second kappa shape index (κ2) is 8.08. The number of imide groups is 1. The Morgan fingerprint density at radius 2 is 1.85 bits per heavy atom. The van der Waals surface area contributed by atoms with E-state index in [0.717, 1.165) is 49.0 Å². The van der Waals surface area contributed by atoms with Crippen LogP contribution in [0.25, 0.3) is 0 Å². The van der Waals surface area contributed by atoms with Gasteiger partial charge in [-0.15, -0.1) is 11.3 Å². The van der Waals surface area contributed by atoms with Gasteiger partial charge < -0.3 is 15.4 Å². The van der Waals surface area contributed by atoms with Crippen molar-refractivity contribution in [3.63, 3.8) is 0 Å². The van der Waals surface area contributed by atoms with Gasteiger partial charge in [0, 0.05) is 17.8 Å². The topological polar surface area (TPSA) is 114 Å². The van der Waals surface area contributed by atoms with E-state index >= 15 is 0 Å². The first-order valence-electron chi connectivity index (χ1n) is 9.09. The Bertz CT molecular complexity index is 784. The van der Waals surface area contributed by atoms with E-state index in [4.69, 9.17) is 4.74 Å². The minimum atomic E-state index is -1.13. The second-order valence-electron chi connectivity index (χ2n) is 6.88. The number of esters is 1. The highest BCUT2D eigenvalue weighted by Crippen LogP contribution is 2.38. The third kappa shape index (κ3) is 4.85. The van der Waals surface area contributed by atoms with Crippen LogP contribution in [0.2, 0.25) is 0 Å². The number of carbonyl (C=O) groups is 4. The molecule has 2 aliphatic carbocycles. The van der Waals surface area contributed by atoms with Gasteiger partial charge in [0.1, 0.15) is 5.00 Å². The van der Waals surface area contributed by atoms with Crippen LogP contribution in [0.1, 0.15) is 60.3 Å². The number of ether oxygens (including phenoxy) is 1. The summed E-state index contributed by atoms with van der Waals surface area (Å²) < 4.78 is 5.29. The molecule has 0 saturated heterocycles. The Balaban J connectivity index is 1.68. The number of aryl methyl sites for hydroxylation is 1. The molecule has 1 heterocycles. The first-order chi connectivity index (χ1) is 12.8. The number of carbonyl (C=O) groups excluding carboxylic acids is 4. The van der Waals surface area contributed by atoms with Crippen molar-refractivity contribution in [2.24, 2.45) is 0 Å². The van der Waals surface area contributed by atoms with E-state index in [1.165, 1.54) is 25.2 Å². The fraction of sp³-hybridized carbons (Fsp3) is 0.556. The van der Waals surface area contributed by atoms with Gasteiger partial charge in [0.25, 0.3) is 5.91 Å². The summed E-state index contributed by atoms with van der Waals surface area (Å²) in [5, 5.41) is 7.96. The summed E-state index contributed by atoms with van der Waals surface area (Å²) in [7, 11) is 0. The fourth-order valence-corrected chi connectivity index (χ4v) is 4.29. The van der Waals surface area contributed by atoms with Gasteiger partial charge in [0.2, 0.25) is 5.91 Å². The van der Waals surface area contributed by atoms with E-state index in [1.807, 2.05) is 0 Å². The predicted octanol–water partition coefficient (Wildman–Crippen LogP) is 2.12.